The quantitative estimate of drug-likeness (QED) is 0.738. The lowest BCUT2D eigenvalue weighted by Crippen LogP contribution is -2.53. The van der Waals surface area contributed by atoms with Gasteiger partial charge in [-0.2, -0.15) is 0 Å². The van der Waals surface area contributed by atoms with Crippen molar-refractivity contribution in [2.75, 3.05) is 19.6 Å². The predicted octanol–water partition coefficient (Wildman–Crippen LogP) is 1.86. The van der Waals surface area contributed by atoms with E-state index in [9.17, 15) is 0 Å². The van der Waals surface area contributed by atoms with E-state index in [2.05, 4.69) is 24.1 Å². The average Bonchev–Trinajstić information content (AvgIpc) is 3.02. The lowest BCUT2D eigenvalue weighted by atomic mass is 10.1. The van der Waals surface area contributed by atoms with Crippen LogP contribution in [0.2, 0.25) is 0 Å². The summed E-state index contributed by atoms with van der Waals surface area (Å²) in [7, 11) is 0. The fraction of sp³-hybridized carbons (Fsp3) is 1.00. The van der Waals surface area contributed by atoms with Gasteiger partial charge in [0.2, 0.25) is 0 Å². The second-order valence-electron chi connectivity index (χ2n) is 5.08. The first-order valence-corrected chi connectivity index (χ1v) is 6.27. The van der Waals surface area contributed by atoms with Crippen LogP contribution >= 0.6 is 0 Å². The highest BCUT2D eigenvalue weighted by Gasteiger charge is 2.28. The Morgan fingerprint density at radius 1 is 1.43 bits per heavy atom. The zero-order chi connectivity index (χ0) is 9.97. The molecule has 2 fully saturated rings. The van der Waals surface area contributed by atoms with Crippen molar-refractivity contribution in [1.29, 1.82) is 0 Å². The van der Waals surface area contributed by atoms with E-state index >= 15 is 0 Å². The van der Waals surface area contributed by atoms with Crippen molar-refractivity contribution < 1.29 is 0 Å². The minimum absolute atomic E-state index is 0.741. The molecule has 0 aromatic heterocycles. The van der Waals surface area contributed by atoms with Crippen molar-refractivity contribution in [3.8, 4) is 0 Å². The van der Waals surface area contributed by atoms with E-state index in [-0.39, 0.29) is 0 Å². The van der Waals surface area contributed by atoms with Gasteiger partial charge >= 0.3 is 0 Å². The Hall–Kier alpha value is -0.0800. The van der Waals surface area contributed by atoms with Crippen molar-refractivity contribution in [2.24, 2.45) is 5.92 Å². The van der Waals surface area contributed by atoms with Crippen LogP contribution in [0.25, 0.3) is 0 Å². The van der Waals surface area contributed by atoms with E-state index in [0.29, 0.717) is 0 Å². The van der Waals surface area contributed by atoms with Gasteiger partial charge in [0, 0.05) is 31.7 Å². The molecule has 0 aromatic rings. The highest BCUT2D eigenvalue weighted by atomic mass is 15.2. The summed E-state index contributed by atoms with van der Waals surface area (Å²) in [6.45, 7) is 8.41. The van der Waals surface area contributed by atoms with E-state index in [1.165, 1.54) is 45.3 Å². The summed E-state index contributed by atoms with van der Waals surface area (Å²) >= 11 is 0. The maximum absolute atomic E-state index is 3.58. The molecule has 1 aliphatic carbocycles. The van der Waals surface area contributed by atoms with Gasteiger partial charge in [0.05, 0.1) is 0 Å². The van der Waals surface area contributed by atoms with Crippen LogP contribution < -0.4 is 5.32 Å². The smallest absolute Gasteiger partial charge is 0.0193 e. The molecule has 0 amide bonds. The standard InChI is InChI=1S/C12H24N2/c1-3-12-9-14(7-6-13-12)10(2)8-11-4-5-11/h10-13H,3-9H2,1-2H3. The molecular weight excluding hydrogens is 172 g/mol. The SMILES string of the molecule is CCC1CN(C(C)CC2CC2)CCN1. The maximum atomic E-state index is 3.58. The monoisotopic (exact) mass is 196 g/mol. The van der Waals surface area contributed by atoms with Crippen molar-refractivity contribution in [2.45, 2.75) is 51.6 Å². The lowest BCUT2D eigenvalue weighted by molar-refractivity contribution is 0.141. The van der Waals surface area contributed by atoms with Crippen molar-refractivity contribution in [3.63, 3.8) is 0 Å². The molecule has 1 heterocycles. The fourth-order valence-corrected chi connectivity index (χ4v) is 2.51. The zero-order valence-electron chi connectivity index (χ0n) is 9.63. The third-order valence-electron chi connectivity index (χ3n) is 3.77. The van der Waals surface area contributed by atoms with Crippen LogP contribution in [0.1, 0.15) is 39.5 Å². The molecule has 2 unspecified atom stereocenters. The van der Waals surface area contributed by atoms with Crippen molar-refractivity contribution >= 4 is 0 Å². The van der Waals surface area contributed by atoms with Crippen LogP contribution in [0.15, 0.2) is 0 Å². The molecule has 0 spiro atoms. The largest absolute Gasteiger partial charge is 0.311 e. The third-order valence-corrected chi connectivity index (χ3v) is 3.77. The van der Waals surface area contributed by atoms with Gasteiger partial charge in [0.25, 0.3) is 0 Å². The second kappa shape index (κ2) is 4.63. The van der Waals surface area contributed by atoms with Crippen LogP contribution in [-0.2, 0) is 0 Å². The molecule has 2 atom stereocenters. The van der Waals surface area contributed by atoms with Gasteiger partial charge in [0.1, 0.15) is 0 Å². The first-order chi connectivity index (χ1) is 6.79. The number of hydrogen-bond acceptors (Lipinski definition) is 2. The van der Waals surface area contributed by atoms with Crippen LogP contribution in [0.4, 0.5) is 0 Å². The zero-order valence-corrected chi connectivity index (χ0v) is 9.63. The van der Waals surface area contributed by atoms with E-state index in [1.54, 1.807) is 0 Å². The van der Waals surface area contributed by atoms with Gasteiger partial charge in [-0.1, -0.05) is 19.8 Å². The summed E-state index contributed by atoms with van der Waals surface area (Å²) in [5, 5.41) is 3.58. The molecule has 14 heavy (non-hydrogen) atoms. The Morgan fingerprint density at radius 3 is 2.86 bits per heavy atom. The summed E-state index contributed by atoms with van der Waals surface area (Å²) in [6.07, 6.45) is 5.70. The van der Waals surface area contributed by atoms with Crippen LogP contribution in [0, 0.1) is 5.92 Å². The molecule has 2 aliphatic rings. The van der Waals surface area contributed by atoms with Gasteiger partial charge in [-0.15, -0.1) is 0 Å². The fourth-order valence-electron chi connectivity index (χ4n) is 2.51. The molecule has 2 rings (SSSR count). The van der Waals surface area contributed by atoms with Crippen LogP contribution in [0.5, 0.6) is 0 Å². The topological polar surface area (TPSA) is 15.3 Å². The molecule has 1 saturated heterocycles. The molecule has 2 nitrogen and oxygen atoms in total. The molecule has 0 radical (unpaired) electrons. The Morgan fingerprint density at radius 2 is 2.21 bits per heavy atom. The number of piperazine rings is 1. The predicted molar refractivity (Wildman–Crippen MR) is 60.5 cm³/mol. The van der Waals surface area contributed by atoms with Crippen LogP contribution in [-0.4, -0.2) is 36.6 Å². The third kappa shape index (κ3) is 2.71. The highest BCUT2D eigenvalue weighted by Crippen LogP contribution is 2.34. The normalized spacial score (nSPS) is 31.7. The van der Waals surface area contributed by atoms with Gasteiger partial charge in [0.15, 0.2) is 0 Å². The van der Waals surface area contributed by atoms with Crippen molar-refractivity contribution in [3.05, 3.63) is 0 Å². The number of nitrogens with one attached hydrogen (secondary N) is 1. The van der Waals surface area contributed by atoms with E-state index in [1.807, 2.05) is 0 Å². The Labute approximate surface area is 88.1 Å². The minimum atomic E-state index is 0.741. The first kappa shape index (κ1) is 10.4. The summed E-state index contributed by atoms with van der Waals surface area (Å²) < 4.78 is 0. The minimum Gasteiger partial charge on any atom is -0.311 e. The van der Waals surface area contributed by atoms with Crippen LogP contribution in [0.3, 0.4) is 0 Å². The Kier molecular flexibility index (Phi) is 3.45. The van der Waals surface area contributed by atoms with E-state index in [4.69, 9.17) is 0 Å². The summed E-state index contributed by atoms with van der Waals surface area (Å²) in [5.74, 6) is 1.07. The van der Waals surface area contributed by atoms with Gasteiger partial charge in [-0.3, -0.25) is 4.90 Å². The molecular formula is C12H24N2. The molecule has 2 heteroatoms. The summed E-state index contributed by atoms with van der Waals surface area (Å²) in [6, 6.07) is 1.56. The summed E-state index contributed by atoms with van der Waals surface area (Å²) in [4.78, 5) is 2.68. The number of rotatable bonds is 4. The summed E-state index contributed by atoms with van der Waals surface area (Å²) in [5.41, 5.74) is 0. The molecule has 1 N–H and O–H groups in total. The molecule has 0 bridgehead atoms. The van der Waals surface area contributed by atoms with E-state index < -0.39 is 0 Å². The average molecular weight is 196 g/mol. The number of nitrogens with zero attached hydrogens (tertiary/aromatic N) is 1. The highest BCUT2D eigenvalue weighted by molar-refractivity contribution is 4.84. The lowest BCUT2D eigenvalue weighted by Gasteiger charge is -2.37. The van der Waals surface area contributed by atoms with Gasteiger partial charge in [-0.25, -0.2) is 0 Å². The Bertz CT molecular complexity index is 177. The molecule has 1 aliphatic heterocycles. The second-order valence-corrected chi connectivity index (χ2v) is 5.08. The van der Waals surface area contributed by atoms with Gasteiger partial charge in [-0.05, 0) is 25.7 Å². The first-order valence-electron chi connectivity index (χ1n) is 6.27. The molecule has 1 saturated carbocycles. The van der Waals surface area contributed by atoms with Crippen molar-refractivity contribution in [1.82, 2.24) is 10.2 Å². The Balaban J connectivity index is 1.76. The molecule has 82 valence electrons. The molecule has 0 aromatic carbocycles. The maximum Gasteiger partial charge on any atom is 0.0193 e. The van der Waals surface area contributed by atoms with Gasteiger partial charge < -0.3 is 5.32 Å². The number of hydrogen-bond donors (Lipinski definition) is 1. The van der Waals surface area contributed by atoms with E-state index in [0.717, 1.165) is 18.0 Å².